The third-order valence-electron chi connectivity index (χ3n) is 1.39. The Labute approximate surface area is 90.1 Å². The highest BCUT2D eigenvalue weighted by Gasteiger charge is 2.09. The number of nitrogens with one attached hydrogen (secondary N) is 1. The average molecular weight is 236 g/mol. The van der Waals surface area contributed by atoms with E-state index in [2.05, 4.69) is 4.72 Å². The van der Waals surface area contributed by atoms with Gasteiger partial charge >= 0.3 is 0 Å². The summed E-state index contributed by atoms with van der Waals surface area (Å²) in [5.74, 6) is 0. The van der Waals surface area contributed by atoms with Crippen molar-refractivity contribution >= 4 is 21.6 Å². The second-order valence-corrected chi connectivity index (χ2v) is 4.48. The van der Waals surface area contributed by atoms with E-state index >= 15 is 0 Å². The van der Waals surface area contributed by atoms with Crippen LogP contribution in [0, 0.1) is 0 Å². The van der Waals surface area contributed by atoms with Gasteiger partial charge in [-0.1, -0.05) is 25.4 Å². The van der Waals surface area contributed by atoms with Crippen LogP contribution in [-0.4, -0.2) is 15.5 Å². The summed E-state index contributed by atoms with van der Waals surface area (Å²) in [5, 5.41) is 0.519. The molecule has 0 aromatic heterocycles. The van der Waals surface area contributed by atoms with Crippen LogP contribution in [-0.2, 0) is 10.0 Å². The van der Waals surface area contributed by atoms with Crippen LogP contribution in [0.4, 0.5) is 0 Å². The lowest BCUT2D eigenvalue weighted by molar-refractivity contribution is 0.588. The van der Waals surface area contributed by atoms with Gasteiger partial charge in [-0.05, 0) is 31.3 Å². The Morgan fingerprint density at radius 2 is 1.57 bits per heavy atom. The summed E-state index contributed by atoms with van der Waals surface area (Å²) < 4.78 is 24.5. The first kappa shape index (κ1) is 13.4. The van der Waals surface area contributed by atoms with E-state index in [0.29, 0.717) is 5.02 Å². The number of rotatable bonds is 2. The van der Waals surface area contributed by atoms with Crippen molar-refractivity contribution in [3.8, 4) is 0 Å². The Morgan fingerprint density at radius 1 is 1.14 bits per heavy atom. The molecule has 0 spiro atoms. The first-order valence-electron chi connectivity index (χ1n) is 4.25. The van der Waals surface area contributed by atoms with E-state index < -0.39 is 10.0 Å². The Kier molecular flexibility index (Phi) is 5.76. The van der Waals surface area contributed by atoms with Gasteiger partial charge in [0.05, 0.1) is 4.90 Å². The molecule has 0 radical (unpaired) electrons. The topological polar surface area (TPSA) is 46.2 Å². The number of halogens is 1. The van der Waals surface area contributed by atoms with Crippen LogP contribution in [0.25, 0.3) is 0 Å². The minimum Gasteiger partial charge on any atom is -0.214 e. The van der Waals surface area contributed by atoms with Gasteiger partial charge in [-0.25, -0.2) is 13.1 Å². The van der Waals surface area contributed by atoms with Crippen molar-refractivity contribution in [1.29, 1.82) is 0 Å². The Bertz CT molecular complexity index is 359. The lowest BCUT2D eigenvalue weighted by atomic mass is 10.4. The molecule has 0 atom stereocenters. The van der Waals surface area contributed by atoms with Gasteiger partial charge in [0.25, 0.3) is 0 Å². The molecule has 0 aliphatic heterocycles. The zero-order valence-electron chi connectivity index (χ0n) is 8.41. The molecule has 0 unspecified atom stereocenters. The number of hydrogen-bond donors (Lipinski definition) is 1. The van der Waals surface area contributed by atoms with Gasteiger partial charge in [-0.15, -0.1) is 0 Å². The average Bonchev–Trinajstić information content (AvgIpc) is 2.21. The van der Waals surface area contributed by atoms with Crippen molar-refractivity contribution in [2.45, 2.75) is 18.7 Å². The Morgan fingerprint density at radius 3 is 1.93 bits per heavy atom. The lowest BCUT2D eigenvalue weighted by Gasteiger charge is -2.00. The molecular weight excluding hydrogens is 222 g/mol. The fourth-order valence-electron chi connectivity index (χ4n) is 0.732. The molecule has 0 aliphatic carbocycles. The summed E-state index contributed by atoms with van der Waals surface area (Å²) >= 11 is 5.59. The smallest absolute Gasteiger partial charge is 0.214 e. The van der Waals surface area contributed by atoms with Crippen LogP contribution in [0.1, 0.15) is 13.8 Å². The maximum absolute atomic E-state index is 11.2. The van der Waals surface area contributed by atoms with Crippen molar-refractivity contribution in [1.82, 2.24) is 4.72 Å². The summed E-state index contributed by atoms with van der Waals surface area (Å²) in [6.07, 6.45) is 0. The van der Waals surface area contributed by atoms with E-state index in [9.17, 15) is 8.42 Å². The molecule has 0 saturated heterocycles. The third-order valence-corrected chi connectivity index (χ3v) is 3.07. The maximum Gasteiger partial charge on any atom is 0.240 e. The van der Waals surface area contributed by atoms with E-state index in [0.717, 1.165) is 0 Å². The summed E-state index contributed by atoms with van der Waals surface area (Å²) in [5.41, 5.74) is 0. The lowest BCUT2D eigenvalue weighted by Crippen LogP contribution is -2.18. The van der Waals surface area contributed by atoms with Crippen molar-refractivity contribution in [3.05, 3.63) is 29.3 Å². The molecule has 3 nitrogen and oxygen atoms in total. The molecule has 0 amide bonds. The highest BCUT2D eigenvalue weighted by Crippen LogP contribution is 2.13. The van der Waals surface area contributed by atoms with Gasteiger partial charge in [-0.3, -0.25) is 0 Å². The standard InChI is InChI=1S/C7H8ClNO2S.C2H6/c1-9-12(10,11)7-4-2-6(8)3-5-7;1-2/h2-5,9H,1H3;1-2H3. The molecule has 0 bridgehead atoms. The molecule has 80 valence electrons. The summed E-state index contributed by atoms with van der Waals surface area (Å²) in [4.78, 5) is 0.217. The van der Waals surface area contributed by atoms with Crippen molar-refractivity contribution in [2.75, 3.05) is 7.05 Å². The van der Waals surface area contributed by atoms with Crippen LogP contribution in [0.15, 0.2) is 29.2 Å². The van der Waals surface area contributed by atoms with Crippen LogP contribution in [0.2, 0.25) is 5.02 Å². The minimum absolute atomic E-state index is 0.217. The van der Waals surface area contributed by atoms with Crippen molar-refractivity contribution in [2.24, 2.45) is 0 Å². The first-order valence-corrected chi connectivity index (χ1v) is 6.11. The molecule has 0 fully saturated rings. The molecule has 14 heavy (non-hydrogen) atoms. The number of sulfonamides is 1. The van der Waals surface area contributed by atoms with E-state index in [1.807, 2.05) is 13.8 Å². The normalized spacial score (nSPS) is 10.3. The highest BCUT2D eigenvalue weighted by atomic mass is 35.5. The molecular formula is C9H14ClNO2S. The fraction of sp³-hybridized carbons (Fsp3) is 0.333. The summed E-state index contributed by atoms with van der Waals surface area (Å²) in [6, 6.07) is 5.97. The molecule has 0 heterocycles. The molecule has 1 aromatic rings. The molecule has 5 heteroatoms. The molecule has 0 saturated carbocycles. The van der Waals surface area contributed by atoms with E-state index in [-0.39, 0.29) is 4.90 Å². The first-order chi connectivity index (χ1) is 6.56. The summed E-state index contributed by atoms with van der Waals surface area (Å²) in [7, 11) is -1.96. The largest absolute Gasteiger partial charge is 0.240 e. The van der Waals surface area contributed by atoms with E-state index in [1.165, 1.54) is 31.3 Å². The van der Waals surface area contributed by atoms with E-state index in [1.54, 1.807) is 0 Å². The molecule has 1 aromatic carbocycles. The minimum atomic E-state index is -3.32. The van der Waals surface area contributed by atoms with Gasteiger partial charge in [0.2, 0.25) is 10.0 Å². The van der Waals surface area contributed by atoms with Gasteiger partial charge in [-0.2, -0.15) is 0 Å². The molecule has 1 rings (SSSR count). The van der Waals surface area contributed by atoms with Crippen molar-refractivity contribution in [3.63, 3.8) is 0 Å². The predicted octanol–water partition coefficient (Wildman–Crippen LogP) is 2.27. The van der Waals surface area contributed by atoms with Crippen molar-refractivity contribution < 1.29 is 8.42 Å². The Hall–Kier alpha value is -0.580. The molecule has 1 N–H and O–H groups in total. The van der Waals surface area contributed by atoms with Gasteiger partial charge in [0, 0.05) is 5.02 Å². The Balaban J connectivity index is 0.000000791. The second-order valence-electron chi connectivity index (χ2n) is 2.16. The number of hydrogen-bond acceptors (Lipinski definition) is 2. The number of benzene rings is 1. The zero-order valence-corrected chi connectivity index (χ0v) is 9.98. The fourth-order valence-corrected chi connectivity index (χ4v) is 1.59. The third kappa shape index (κ3) is 3.65. The zero-order chi connectivity index (χ0) is 11.2. The van der Waals surface area contributed by atoms with Crippen LogP contribution < -0.4 is 4.72 Å². The van der Waals surface area contributed by atoms with Crippen LogP contribution >= 0.6 is 11.6 Å². The SMILES string of the molecule is CC.CNS(=O)(=O)c1ccc(Cl)cc1. The van der Waals surface area contributed by atoms with Crippen LogP contribution in [0.5, 0.6) is 0 Å². The van der Waals surface area contributed by atoms with Gasteiger partial charge < -0.3 is 0 Å². The van der Waals surface area contributed by atoms with E-state index in [4.69, 9.17) is 11.6 Å². The van der Waals surface area contributed by atoms with Gasteiger partial charge in [0.1, 0.15) is 0 Å². The quantitative estimate of drug-likeness (QED) is 0.855. The highest BCUT2D eigenvalue weighted by molar-refractivity contribution is 7.89. The maximum atomic E-state index is 11.2. The predicted molar refractivity (Wildman–Crippen MR) is 59.0 cm³/mol. The van der Waals surface area contributed by atoms with Gasteiger partial charge in [0.15, 0.2) is 0 Å². The van der Waals surface area contributed by atoms with Crippen LogP contribution in [0.3, 0.4) is 0 Å². The molecule has 0 aliphatic rings. The second kappa shape index (κ2) is 6.01. The summed E-state index contributed by atoms with van der Waals surface area (Å²) in [6.45, 7) is 4.00. The monoisotopic (exact) mass is 235 g/mol.